The summed E-state index contributed by atoms with van der Waals surface area (Å²) in [5.41, 5.74) is 4.82. The lowest BCUT2D eigenvalue weighted by Crippen LogP contribution is -2.30. The first-order valence-corrected chi connectivity index (χ1v) is 10.3. The summed E-state index contributed by atoms with van der Waals surface area (Å²) in [7, 11) is -3.31. The zero-order chi connectivity index (χ0) is 18.1. The van der Waals surface area contributed by atoms with Gasteiger partial charge in [0.1, 0.15) is 6.04 Å². The molecule has 0 spiro atoms. The van der Waals surface area contributed by atoms with E-state index in [0.717, 1.165) is 28.8 Å². The Hall–Kier alpha value is -2.70. The van der Waals surface area contributed by atoms with E-state index in [1.807, 2.05) is 60.8 Å². The predicted octanol–water partition coefficient (Wildman–Crippen LogP) is 2.92. The number of aromatic nitrogens is 1. The van der Waals surface area contributed by atoms with Crippen molar-refractivity contribution in [2.45, 2.75) is 6.04 Å². The van der Waals surface area contributed by atoms with Gasteiger partial charge in [-0.15, -0.1) is 0 Å². The highest BCUT2D eigenvalue weighted by Crippen LogP contribution is 2.34. The van der Waals surface area contributed by atoms with Gasteiger partial charge in [-0.2, -0.15) is 0 Å². The van der Waals surface area contributed by atoms with Gasteiger partial charge in [0, 0.05) is 11.8 Å². The predicted molar refractivity (Wildman–Crippen MR) is 103 cm³/mol. The largest absolute Gasteiger partial charge is 0.315 e. The topological polar surface area (TPSA) is 63.5 Å². The van der Waals surface area contributed by atoms with E-state index in [1.54, 1.807) is 0 Å². The van der Waals surface area contributed by atoms with Gasteiger partial charge in [0.25, 0.3) is 0 Å². The second kappa shape index (κ2) is 6.55. The van der Waals surface area contributed by atoms with Gasteiger partial charge in [-0.25, -0.2) is 13.1 Å². The van der Waals surface area contributed by atoms with Crippen molar-refractivity contribution in [3.8, 4) is 5.69 Å². The molecule has 5 nitrogen and oxygen atoms in total. The van der Waals surface area contributed by atoms with Crippen LogP contribution in [0.3, 0.4) is 0 Å². The fourth-order valence-electron chi connectivity index (χ4n) is 3.28. The quantitative estimate of drug-likeness (QED) is 0.773. The number of aliphatic imine (C=N–C) groups is 1. The van der Waals surface area contributed by atoms with Crippen LogP contribution in [-0.2, 0) is 10.0 Å². The van der Waals surface area contributed by atoms with Gasteiger partial charge in [-0.1, -0.05) is 48.5 Å². The highest BCUT2D eigenvalue weighted by atomic mass is 32.2. The first-order chi connectivity index (χ1) is 12.5. The number of benzene rings is 2. The molecule has 1 aliphatic rings. The van der Waals surface area contributed by atoms with E-state index in [0.29, 0.717) is 5.71 Å². The van der Waals surface area contributed by atoms with Crippen molar-refractivity contribution in [2.24, 2.45) is 4.99 Å². The fraction of sp³-hybridized carbons (Fsp3) is 0.150. The number of rotatable bonds is 4. The molecule has 0 saturated carbocycles. The molecule has 3 aromatic rings. The molecule has 4 rings (SSSR count). The first-order valence-electron chi connectivity index (χ1n) is 8.36. The molecule has 2 heterocycles. The van der Waals surface area contributed by atoms with Crippen LogP contribution in [0.5, 0.6) is 0 Å². The van der Waals surface area contributed by atoms with Crippen LogP contribution in [-0.4, -0.2) is 31.5 Å². The minimum atomic E-state index is -3.31. The Morgan fingerprint density at radius 2 is 1.73 bits per heavy atom. The Labute approximate surface area is 153 Å². The van der Waals surface area contributed by atoms with Crippen molar-refractivity contribution >= 4 is 15.7 Å². The second-order valence-electron chi connectivity index (χ2n) is 6.30. The lowest BCUT2D eigenvalue weighted by molar-refractivity contribution is 0.592. The maximum absolute atomic E-state index is 11.6. The SMILES string of the molecule is CS(=O)(=O)NCC1=N[C@@H](c2ccccc2)c2ccccc2-n2cccc21. The number of nitrogens with one attached hydrogen (secondary N) is 1. The van der Waals surface area contributed by atoms with Crippen LogP contribution in [0.25, 0.3) is 5.69 Å². The van der Waals surface area contributed by atoms with Gasteiger partial charge >= 0.3 is 0 Å². The summed E-state index contributed by atoms with van der Waals surface area (Å²) in [6.45, 7) is 0.153. The monoisotopic (exact) mass is 365 g/mol. The van der Waals surface area contributed by atoms with E-state index in [9.17, 15) is 8.42 Å². The zero-order valence-electron chi connectivity index (χ0n) is 14.3. The molecule has 1 atom stereocenters. The Balaban J connectivity index is 1.90. The number of nitrogens with zero attached hydrogens (tertiary/aromatic N) is 2. The number of hydrogen-bond donors (Lipinski definition) is 1. The lowest BCUT2D eigenvalue weighted by Gasteiger charge is -2.16. The average Bonchev–Trinajstić information content (AvgIpc) is 3.07. The Morgan fingerprint density at radius 3 is 2.50 bits per heavy atom. The van der Waals surface area contributed by atoms with Crippen LogP contribution in [0.2, 0.25) is 0 Å². The van der Waals surface area contributed by atoms with E-state index in [-0.39, 0.29) is 12.6 Å². The van der Waals surface area contributed by atoms with Crippen LogP contribution < -0.4 is 4.72 Å². The molecule has 1 aromatic heterocycles. The van der Waals surface area contributed by atoms with Gasteiger partial charge in [-0.3, -0.25) is 4.99 Å². The van der Waals surface area contributed by atoms with Crippen LogP contribution in [0.1, 0.15) is 22.9 Å². The van der Waals surface area contributed by atoms with Crippen molar-refractivity contribution < 1.29 is 8.42 Å². The Bertz CT molecular complexity index is 1070. The highest BCUT2D eigenvalue weighted by molar-refractivity contribution is 7.88. The summed E-state index contributed by atoms with van der Waals surface area (Å²) in [5, 5.41) is 0. The molecule has 1 N–H and O–H groups in total. The van der Waals surface area contributed by atoms with Crippen molar-refractivity contribution in [3.63, 3.8) is 0 Å². The maximum atomic E-state index is 11.6. The molecule has 0 fully saturated rings. The van der Waals surface area contributed by atoms with Crippen molar-refractivity contribution in [1.82, 2.24) is 9.29 Å². The summed E-state index contributed by atoms with van der Waals surface area (Å²) in [6.07, 6.45) is 3.14. The highest BCUT2D eigenvalue weighted by Gasteiger charge is 2.24. The summed E-state index contributed by atoms with van der Waals surface area (Å²) in [6, 6.07) is 21.9. The first kappa shape index (κ1) is 16.8. The molecule has 6 heteroatoms. The third-order valence-corrected chi connectivity index (χ3v) is 5.11. The summed E-state index contributed by atoms with van der Waals surface area (Å²) in [4.78, 5) is 4.97. The molecule has 0 unspecified atom stereocenters. The third-order valence-electron chi connectivity index (χ3n) is 4.44. The van der Waals surface area contributed by atoms with Gasteiger partial charge in [0.05, 0.1) is 29.9 Å². The van der Waals surface area contributed by atoms with Crippen LogP contribution in [0.15, 0.2) is 77.9 Å². The molecule has 2 aromatic carbocycles. The van der Waals surface area contributed by atoms with E-state index in [4.69, 9.17) is 4.99 Å². The van der Waals surface area contributed by atoms with E-state index >= 15 is 0 Å². The van der Waals surface area contributed by atoms with Gasteiger partial charge in [0.2, 0.25) is 10.0 Å². The van der Waals surface area contributed by atoms with Crippen molar-refractivity contribution in [1.29, 1.82) is 0 Å². The standard InChI is InChI=1S/C20H19N3O2S/c1-26(24,25)21-14-17-19-12-7-13-23(19)18-11-6-5-10-16(18)20(22-17)15-8-3-2-4-9-15/h2-13,20-21H,14H2,1H3/t20-/m0/s1. The minimum absolute atomic E-state index is 0.153. The number of fused-ring (bicyclic) bond motifs is 3. The van der Waals surface area contributed by atoms with Crippen LogP contribution in [0.4, 0.5) is 0 Å². The number of hydrogen-bond acceptors (Lipinski definition) is 3. The molecule has 0 radical (unpaired) electrons. The Morgan fingerprint density at radius 1 is 1.00 bits per heavy atom. The fourth-order valence-corrected chi connectivity index (χ4v) is 3.68. The van der Waals surface area contributed by atoms with E-state index in [1.165, 1.54) is 0 Å². The molecule has 26 heavy (non-hydrogen) atoms. The molecule has 0 amide bonds. The van der Waals surface area contributed by atoms with Gasteiger partial charge < -0.3 is 4.57 Å². The molecule has 0 aliphatic carbocycles. The Kier molecular flexibility index (Phi) is 4.22. The minimum Gasteiger partial charge on any atom is -0.315 e. The number of para-hydroxylation sites is 1. The van der Waals surface area contributed by atoms with Crippen molar-refractivity contribution in [3.05, 3.63) is 89.7 Å². The maximum Gasteiger partial charge on any atom is 0.209 e. The van der Waals surface area contributed by atoms with E-state index < -0.39 is 10.0 Å². The normalized spacial score (nSPS) is 16.3. The van der Waals surface area contributed by atoms with E-state index in [2.05, 4.69) is 21.4 Å². The summed E-state index contributed by atoms with van der Waals surface area (Å²) < 4.78 is 27.9. The lowest BCUT2D eigenvalue weighted by atomic mass is 9.98. The summed E-state index contributed by atoms with van der Waals surface area (Å²) in [5.74, 6) is 0. The molecular weight excluding hydrogens is 346 g/mol. The van der Waals surface area contributed by atoms with Gasteiger partial charge in [-0.05, 0) is 23.8 Å². The van der Waals surface area contributed by atoms with Gasteiger partial charge in [0.15, 0.2) is 0 Å². The molecular formula is C20H19N3O2S. The summed E-state index contributed by atoms with van der Waals surface area (Å²) >= 11 is 0. The molecule has 0 bridgehead atoms. The second-order valence-corrected chi connectivity index (χ2v) is 8.14. The number of sulfonamides is 1. The zero-order valence-corrected chi connectivity index (χ0v) is 15.1. The van der Waals surface area contributed by atoms with Crippen molar-refractivity contribution in [2.75, 3.05) is 12.8 Å². The van der Waals surface area contributed by atoms with Crippen LogP contribution >= 0.6 is 0 Å². The third kappa shape index (κ3) is 3.21. The van der Waals surface area contributed by atoms with Crippen LogP contribution in [0, 0.1) is 0 Å². The molecule has 132 valence electrons. The smallest absolute Gasteiger partial charge is 0.209 e. The average molecular weight is 365 g/mol. The molecule has 0 saturated heterocycles. The molecule has 1 aliphatic heterocycles.